The largest absolute Gasteiger partial charge is 0.341 e. The molecule has 0 bridgehead atoms. The number of likely N-dealkylation sites (tertiary alicyclic amines) is 2. The second kappa shape index (κ2) is 6.02. The summed E-state index contributed by atoms with van der Waals surface area (Å²) in [5, 5.41) is 0. The Morgan fingerprint density at radius 3 is 2.17 bits per heavy atom. The predicted molar refractivity (Wildman–Crippen MR) is 73.2 cm³/mol. The van der Waals surface area contributed by atoms with Crippen LogP contribution in [0.2, 0.25) is 0 Å². The van der Waals surface area contributed by atoms with Crippen molar-refractivity contribution >= 4 is 5.91 Å². The molecule has 0 aromatic heterocycles. The zero-order valence-electron chi connectivity index (χ0n) is 11.8. The molecule has 0 saturated carbocycles. The quantitative estimate of drug-likeness (QED) is 0.818. The number of rotatable bonds is 3. The lowest BCUT2D eigenvalue weighted by molar-refractivity contribution is -0.139. The fraction of sp³-hybridized carbons (Fsp3) is 0.929. The van der Waals surface area contributed by atoms with Gasteiger partial charge in [0.1, 0.15) is 0 Å². The molecular weight excluding hydrogens is 226 g/mol. The number of hydrogen-bond acceptors (Lipinski definition) is 3. The molecule has 0 aromatic carbocycles. The average molecular weight is 253 g/mol. The first kappa shape index (κ1) is 13.8. The van der Waals surface area contributed by atoms with Crippen LogP contribution in [0.5, 0.6) is 0 Å². The topological polar surface area (TPSA) is 49.6 Å². The Balaban J connectivity index is 1.99. The third-order valence-corrected chi connectivity index (χ3v) is 4.27. The minimum atomic E-state index is 0.0850. The first-order valence-corrected chi connectivity index (χ1v) is 7.38. The van der Waals surface area contributed by atoms with Gasteiger partial charge in [-0.2, -0.15) is 0 Å². The molecule has 2 aliphatic rings. The van der Waals surface area contributed by atoms with Gasteiger partial charge in [-0.1, -0.05) is 13.8 Å². The number of piperidine rings is 1. The van der Waals surface area contributed by atoms with Crippen LogP contribution in [-0.4, -0.2) is 54.0 Å². The first-order chi connectivity index (χ1) is 8.59. The fourth-order valence-electron chi connectivity index (χ4n) is 3.19. The minimum Gasteiger partial charge on any atom is -0.341 e. The van der Waals surface area contributed by atoms with Crippen LogP contribution in [0.1, 0.15) is 39.5 Å². The Kier molecular flexibility index (Phi) is 4.62. The number of carbonyl (C=O) groups is 1. The van der Waals surface area contributed by atoms with E-state index in [1.54, 1.807) is 0 Å². The molecule has 1 atom stereocenters. The molecule has 0 radical (unpaired) electrons. The summed E-state index contributed by atoms with van der Waals surface area (Å²) in [6.07, 6.45) is 4.38. The van der Waals surface area contributed by atoms with E-state index in [2.05, 4.69) is 18.7 Å². The Morgan fingerprint density at radius 2 is 1.67 bits per heavy atom. The molecule has 2 N–H and O–H groups in total. The zero-order chi connectivity index (χ0) is 13.1. The van der Waals surface area contributed by atoms with Crippen LogP contribution in [-0.2, 0) is 4.79 Å². The molecule has 104 valence electrons. The first-order valence-electron chi connectivity index (χ1n) is 7.38. The number of amides is 1. The number of nitrogens with two attached hydrogens (primary N) is 1. The Hall–Kier alpha value is -0.610. The van der Waals surface area contributed by atoms with Gasteiger partial charge in [0.05, 0.1) is 6.04 Å². The highest BCUT2D eigenvalue weighted by molar-refractivity contribution is 5.82. The third-order valence-electron chi connectivity index (χ3n) is 4.27. The average Bonchev–Trinajstić information content (AvgIpc) is 2.83. The molecule has 4 heteroatoms. The maximum absolute atomic E-state index is 12.7. The maximum atomic E-state index is 12.7. The van der Waals surface area contributed by atoms with Crippen molar-refractivity contribution in [3.8, 4) is 0 Å². The van der Waals surface area contributed by atoms with E-state index in [0.29, 0.717) is 17.9 Å². The fourth-order valence-corrected chi connectivity index (χ4v) is 3.19. The lowest BCUT2D eigenvalue weighted by Crippen LogP contribution is -2.53. The predicted octanol–water partition coefficient (Wildman–Crippen LogP) is 1.06. The van der Waals surface area contributed by atoms with Gasteiger partial charge in [-0.3, -0.25) is 9.69 Å². The Bertz CT molecular complexity index is 279. The molecule has 2 fully saturated rings. The zero-order valence-corrected chi connectivity index (χ0v) is 11.8. The van der Waals surface area contributed by atoms with Crippen molar-refractivity contribution in [2.75, 3.05) is 26.2 Å². The Morgan fingerprint density at radius 1 is 1.11 bits per heavy atom. The summed E-state index contributed by atoms with van der Waals surface area (Å²) in [5.41, 5.74) is 5.91. The lowest BCUT2D eigenvalue weighted by atomic mass is 9.99. The van der Waals surface area contributed by atoms with Crippen molar-refractivity contribution in [2.45, 2.75) is 51.6 Å². The number of carbonyl (C=O) groups excluding carboxylic acids is 1. The smallest absolute Gasteiger partial charge is 0.240 e. The van der Waals surface area contributed by atoms with E-state index in [-0.39, 0.29) is 6.04 Å². The van der Waals surface area contributed by atoms with Gasteiger partial charge < -0.3 is 10.6 Å². The van der Waals surface area contributed by atoms with Crippen LogP contribution in [0, 0.1) is 5.92 Å². The molecule has 0 aromatic rings. The van der Waals surface area contributed by atoms with Gasteiger partial charge in [0, 0.05) is 19.1 Å². The molecule has 1 amide bonds. The molecule has 2 aliphatic heterocycles. The molecule has 2 rings (SSSR count). The minimum absolute atomic E-state index is 0.0850. The van der Waals surface area contributed by atoms with Crippen molar-refractivity contribution in [3.63, 3.8) is 0 Å². The standard InChI is InChI=1S/C14H27N3O/c1-11(2)13(16-7-3-4-8-16)14(18)17-9-5-12(15)6-10-17/h11-13H,3-10,15H2,1-2H3. The summed E-state index contributed by atoms with van der Waals surface area (Å²) in [6.45, 7) is 8.19. The van der Waals surface area contributed by atoms with Crippen LogP contribution in [0.25, 0.3) is 0 Å². The van der Waals surface area contributed by atoms with E-state index in [9.17, 15) is 4.79 Å². The van der Waals surface area contributed by atoms with Gasteiger partial charge >= 0.3 is 0 Å². The van der Waals surface area contributed by atoms with Crippen LogP contribution in [0.3, 0.4) is 0 Å². The highest BCUT2D eigenvalue weighted by Gasteiger charge is 2.34. The molecule has 2 heterocycles. The van der Waals surface area contributed by atoms with Crippen molar-refractivity contribution in [2.24, 2.45) is 11.7 Å². The van der Waals surface area contributed by atoms with Crippen LogP contribution < -0.4 is 5.73 Å². The second-order valence-electron chi connectivity index (χ2n) is 6.09. The third kappa shape index (κ3) is 3.04. The summed E-state index contributed by atoms with van der Waals surface area (Å²) in [5.74, 6) is 0.727. The summed E-state index contributed by atoms with van der Waals surface area (Å²) >= 11 is 0. The van der Waals surface area contributed by atoms with E-state index in [0.717, 1.165) is 39.0 Å². The maximum Gasteiger partial charge on any atom is 0.240 e. The van der Waals surface area contributed by atoms with Crippen molar-refractivity contribution < 1.29 is 4.79 Å². The summed E-state index contributed by atoms with van der Waals surface area (Å²) in [6, 6.07) is 0.375. The number of nitrogens with zero attached hydrogens (tertiary/aromatic N) is 2. The summed E-state index contributed by atoms with van der Waals surface area (Å²) in [7, 11) is 0. The molecule has 2 saturated heterocycles. The van der Waals surface area contributed by atoms with E-state index >= 15 is 0 Å². The summed E-state index contributed by atoms with van der Waals surface area (Å²) in [4.78, 5) is 17.1. The molecule has 1 unspecified atom stereocenters. The van der Waals surface area contributed by atoms with E-state index in [4.69, 9.17) is 5.73 Å². The van der Waals surface area contributed by atoms with Crippen LogP contribution >= 0.6 is 0 Å². The molecular formula is C14H27N3O. The molecule has 4 nitrogen and oxygen atoms in total. The van der Waals surface area contributed by atoms with Gasteiger partial charge in [0.25, 0.3) is 0 Å². The van der Waals surface area contributed by atoms with Crippen LogP contribution in [0.4, 0.5) is 0 Å². The highest BCUT2D eigenvalue weighted by atomic mass is 16.2. The van der Waals surface area contributed by atoms with Gasteiger partial charge in [-0.15, -0.1) is 0 Å². The number of hydrogen-bond donors (Lipinski definition) is 1. The van der Waals surface area contributed by atoms with Crippen molar-refractivity contribution in [1.82, 2.24) is 9.80 Å². The van der Waals surface area contributed by atoms with Gasteiger partial charge in [-0.05, 0) is 44.7 Å². The SMILES string of the molecule is CC(C)C(C(=O)N1CCC(N)CC1)N1CCCC1. The Labute approximate surface area is 110 Å². The van der Waals surface area contributed by atoms with E-state index in [1.807, 2.05) is 4.90 Å². The lowest BCUT2D eigenvalue weighted by Gasteiger charge is -2.37. The van der Waals surface area contributed by atoms with Gasteiger partial charge in [0.2, 0.25) is 5.91 Å². The summed E-state index contributed by atoms with van der Waals surface area (Å²) < 4.78 is 0. The van der Waals surface area contributed by atoms with E-state index < -0.39 is 0 Å². The van der Waals surface area contributed by atoms with E-state index in [1.165, 1.54) is 12.8 Å². The van der Waals surface area contributed by atoms with Gasteiger partial charge in [-0.25, -0.2) is 0 Å². The van der Waals surface area contributed by atoms with Crippen LogP contribution in [0.15, 0.2) is 0 Å². The van der Waals surface area contributed by atoms with Gasteiger partial charge in [0.15, 0.2) is 0 Å². The second-order valence-corrected chi connectivity index (χ2v) is 6.09. The van der Waals surface area contributed by atoms with Crippen molar-refractivity contribution in [3.05, 3.63) is 0 Å². The highest BCUT2D eigenvalue weighted by Crippen LogP contribution is 2.21. The molecule has 0 aliphatic carbocycles. The normalized spacial score (nSPS) is 24.8. The molecule has 18 heavy (non-hydrogen) atoms. The molecule has 0 spiro atoms. The van der Waals surface area contributed by atoms with Crippen molar-refractivity contribution in [1.29, 1.82) is 0 Å². The monoisotopic (exact) mass is 253 g/mol.